The van der Waals surface area contributed by atoms with E-state index in [9.17, 15) is 9.59 Å². The van der Waals surface area contributed by atoms with Gasteiger partial charge in [0.2, 0.25) is 5.91 Å². The molecular formula is C20H26ClN3O3. The van der Waals surface area contributed by atoms with Gasteiger partial charge >= 0.3 is 0 Å². The molecule has 3 rings (SSSR count). The summed E-state index contributed by atoms with van der Waals surface area (Å²) < 4.78 is 5.41. The van der Waals surface area contributed by atoms with Crippen LogP contribution >= 0.6 is 12.4 Å². The molecule has 1 unspecified atom stereocenters. The molecule has 1 heterocycles. The van der Waals surface area contributed by atoms with Crippen molar-refractivity contribution in [3.8, 4) is 5.75 Å². The summed E-state index contributed by atoms with van der Waals surface area (Å²) in [6.45, 7) is 1.99. The first kappa shape index (κ1) is 21.0. The molecule has 1 aliphatic heterocycles. The largest absolute Gasteiger partial charge is 0.496 e. The second-order valence-corrected chi connectivity index (χ2v) is 6.53. The lowest BCUT2D eigenvalue weighted by molar-refractivity contribution is -0.126. The summed E-state index contributed by atoms with van der Waals surface area (Å²) in [6, 6.07) is 11.4. The summed E-state index contributed by atoms with van der Waals surface area (Å²) >= 11 is 0. The maximum Gasteiger partial charge on any atom is 0.254 e. The smallest absolute Gasteiger partial charge is 0.254 e. The van der Waals surface area contributed by atoms with Crippen molar-refractivity contribution in [3.05, 3.63) is 42.0 Å². The molecule has 0 aromatic heterocycles. The summed E-state index contributed by atoms with van der Waals surface area (Å²) in [5.41, 5.74) is 6.09. The van der Waals surface area contributed by atoms with Crippen molar-refractivity contribution in [2.24, 2.45) is 11.7 Å². The van der Waals surface area contributed by atoms with Gasteiger partial charge in [-0.2, -0.15) is 0 Å². The number of methoxy groups -OCH3 is 1. The van der Waals surface area contributed by atoms with Crippen molar-refractivity contribution < 1.29 is 14.3 Å². The Bertz CT molecular complexity index is 812. The van der Waals surface area contributed by atoms with E-state index in [1.807, 2.05) is 36.4 Å². The topological polar surface area (TPSA) is 84.7 Å². The van der Waals surface area contributed by atoms with Crippen molar-refractivity contribution in [3.63, 3.8) is 0 Å². The Morgan fingerprint density at radius 2 is 1.96 bits per heavy atom. The van der Waals surface area contributed by atoms with Crippen LogP contribution in [-0.4, -0.2) is 50.0 Å². The molecule has 146 valence electrons. The number of carbonyl (C=O) groups excluding carboxylic acids is 2. The van der Waals surface area contributed by atoms with E-state index in [-0.39, 0.29) is 30.1 Å². The molecule has 7 heteroatoms. The van der Waals surface area contributed by atoms with Gasteiger partial charge in [-0.25, -0.2) is 0 Å². The molecule has 1 saturated heterocycles. The Labute approximate surface area is 165 Å². The number of benzene rings is 2. The third-order valence-electron chi connectivity index (χ3n) is 4.86. The lowest BCUT2D eigenvalue weighted by Gasteiger charge is -2.32. The number of nitrogens with one attached hydrogen (secondary N) is 1. The van der Waals surface area contributed by atoms with E-state index in [2.05, 4.69) is 5.32 Å². The summed E-state index contributed by atoms with van der Waals surface area (Å²) in [4.78, 5) is 27.1. The molecule has 6 nitrogen and oxygen atoms in total. The molecule has 27 heavy (non-hydrogen) atoms. The number of nitrogens with zero attached hydrogens (tertiary/aromatic N) is 1. The Morgan fingerprint density at radius 1 is 1.22 bits per heavy atom. The van der Waals surface area contributed by atoms with Gasteiger partial charge in [-0.3, -0.25) is 9.59 Å². The molecule has 0 spiro atoms. The molecule has 2 aromatic carbocycles. The number of rotatable bonds is 5. The Morgan fingerprint density at radius 3 is 2.67 bits per heavy atom. The maximum atomic E-state index is 13.1. The number of carbonyl (C=O) groups is 2. The lowest BCUT2D eigenvalue weighted by atomic mass is 9.95. The molecule has 1 atom stereocenters. The van der Waals surface area contributed by atoms with E-state index in [4.69, 9.17) is 10.5 Å². The zero-order valence-corrected chi connectivity index (χ0v) is 16.3. The minimum Gasteiger partial charge on any atom is -0.496 e. The van der Waals surface area contributed by atoms with Crippen LogP contribution in [0.15, 0.2) is 36.4 Å². The van der Waals surface area contributed by atoms with Gasteiger partial charge in [0.05, 0.1) is 13.0 Å². The van der Waals surface area contributed by atoms with Crippen LogP contribution < -0.4 is 15.8 Å². The number of nitrogens with two attached hydrogens (primary N) is 1. The average Bonchev–Trinajstić information content (AvgIpc) is 2.70. The molecule has 0 saturated carbocycles. The number of hydrogen-bond acceptors (Lipinski definition) is 4. The molecule has 3 N–H and O–H groups in total. The molecule has 2 aromatic rings. The first-order valence-corrected chi connectivity index (χ1v) is 8.98. The number of halogens is 1. The Kier molecular flexibility index (Phi) is 7.45. The first-order valence-electron chi connectivity index (χ1n) is 8.98. The zero-order chi connectivity index (χ0) is 18.5. The summed E-state index contributed by atoms with van der Waals surface area (Å²) in [7, 11) is 1.62. The predicted octanol–water partition coefficient (Wildman–Crippen LogP) is 2.20. The van der Waals surface area contributed by atoms with Gasteiger partial charge in [-0.15, -0.1) is 12.4 Å². The lowest BCUT2D eigenvalue weighted by Crippen LogP contribution is -2.46. The van der Waals surface area contributed by atoms with Crippen molar-refractivity contribution in [2.75, 3.05) is 33.3 Å². The fourth-order valence-corrected chi connectivity index (χ4v) is 3.52. The zero-order valence-electron chi connectivity index (χ0n) is 15.4. The van der Waals surface area contributed by atoms with Crippen LogP contribution in [0.1, 0.15) is 23.2 Å². The van der Waals surface area contributed by atoms with E-state index in [0.29, 0.717) is 31.7 Å². The average molecular weight is 392 g/mol. The number of ether oxygens (including phenoxy) is 1. The van der Waals surface area contributed by atoms with Crippen LogP contribution in [0.3, 0.4) is 0 Å². The number of piperidine rings is 1. The molecule has 0 radical (unpaired) electrons. The molecule has 0 aliphatic carbocycles. The van der Waals surface area contributed by atoms with Crippen molar-refractivity contribution in [2.45, 2.75) is 12.8 Å². The first-order chi connectivity index (χ1) is 12.7. The molecule has 0 bridgehead atoms. The van der Waals surface area contributed by atoms with Crippen molar-refractivity contribution in [1.29, 1.82) is 0 Å². The maximum absolute atomic E-state index is 13.1. The normalized spacial score (nSPS) is 16.5. The summed E-state index contributed by atoms with van der Waals surface area (Å²) in [6.07, 6.45) is 1.62. The standard InChI is InChI=1S/C20H25N3O3.ClH/c1-26-18-9-8-17(15-6-2-3-7-16(15)18)20(25)23-12-4-5-14(13-23)19(24)22-11-10-21;/h2-3,6-9,14H,4-5,10-13,21H2,1H3,(H,22,24);1H. The van der Waals surface area contributed by atoms with Crippen LogP contribution in [0, 0.1) is 5.92 Å². The molecule has 1 fully saturated rings. The monoisotopic (exact) mass is 391 g/mol. The van der Waals surface area contributed by atoms with E-state index >= 15 is 0 Å². The van der Waals surface area contributed by atoms with Gasteiger partial charge in [0.25, 0.3) is 5.91 Å². The Balaban J connectivity index is 0.00000261. The van der Waals surface area contributed by atoms with Crippen LogP contribution in [0.25, 0.3) is 10.8 Å². The van der Waals surface area contributed by atoms with Gasteiger partial charge in [0.15, 0.2) is 0 Å². The number of fused-ring (bicyclic) bond motifs is 1. The second-order valence-electron chi connectivity index (χ2n) is 6.53. The van der Waals surface area contributed by atoms with Crippen LogP contribution in [0.5, 0.6) is 5.75 Å². The van der Waals surface area contributed by atoms with Gasteiger partial charge < -0.3 is 20.7 Å². The van der Waals surface area contributed by atoms with Gasteiger partial charge in [-0.1, -0.05) is 24.3 Å². The summed E-state index contributed by atoms with van der Waals surface area (Å²) in [5.74, 6) is 0.506. The number of hydrogen-bond donors (Lipinski definition) is 2. The van der Waals surface area contributed by atoms with Gasteiger partial charge in [-0.05, 0) is 30.4 Å². The second kappa shape index (κ2) is 9.58. The Hall–Kier alpha value is -2.31. The van der Waals surface area contributed by atoms with E-state index in [1.165, 1.54) is 0 Å². The number of likely N-dealkylation sites (tertiary alicyclic amines) is 1. The SMILES string of the molecule is COc1ccc(C(=O)N2CCCC(C(=O)NCCN)C2)c2ccccc12.Cl. The number of amides is 2. The minimum absolute atomic E-state index is 0. The van der Waals surface area contributed by atoms with Gasteiger partial charge in [0.1, 0.15) is 5.75 Å². The van der Waals surface area contributed by atoms with Crippen LogP contribution in [-0.2, 0) is 4.79 Å². The van der Waals surface area contributed by atoms with Crippen LogP contribution in [0.2, 0.25) is 0 Å². The summed E-state index contributed by atoms with van der Waals surface area (Å²) in [5, 5.41) is 4.61. The molecular weight excluding hydrogens is 366 g/mol. The fraction of sp³-hybridized carbons (Fsp3) is 0.400. The third-order valence-corrected chi connectivity index (χ3v) is 4.86. The quantitative estimate of drug-likeness (QED) is 0.818. The molecule has 2 amide bonds. The van der Waals surface area contributed by atoms with Crippen LogP contribution in [0.4, 0.5) is 0 Å². The highest BCUT2D eigenvalue weighted by molar-refractivity contribution is 6.08. The highest BCUT2D eigenvalue weighted by Gasteiger charge is 2.29. The predicted molar refractivity (Wildman–Crippen MR) is 108 cm³/mol. The van der Waals surface area contributed by atoms with Gasteiger partial charge in [0, 0.05) is 37.1 Å². The van der Waals surface area contributed by atoms with E-state index in [0.717, 1.165) is 29.4 Å². The third kappa shape index (κ3) is 4.51. The highest BCUT2D eigenvalue weighted by Crippen LogP contribution is 2.30. The highest BCUT2D eigenvalue weighted by atomic mass is 35.5. The van der Waals surface area contributed by atoms with Crippen molar-refractivity contribution >= 4 is 35.0 Å². The van der Waals surface area contributed by atoms with Crippen molar-refractivity contribution in [1.82, 2.24) is 10.2 Å². The fourth-order valence-electron chi connectivity index (χ4n) is 3.52. The molecule has 1 aliphatic rings. The van der Waals surface area contributed by atoms with E-state index < -0.39 is 0 Å². The minimum atomic E-state index is -0.177. The van der Waals surface area contributed by atoms with E-state index in [1.54, 1.807) is 12.0 Å².